The number of rotatable bonds is 5. The SMILES string of the molecule is NC(CCNc1cccc(C(F)(F)F)c1)C(=O)O. The molecule has 1 unspecified atom stereocenters. The minimum Gasteiger partial charge on any atom is -0.480 e. The minimum atomic E-state index is -4.39. The van der Waals surface area contributed by atoms with Gasteiger partial charge in [-0.2, -0.15) is 13.2 Å². The average Bonchev–Trinajstić information content (AvgIpc) is 2.28. The van der Waals surface area contributed by atoms with E-state index in [0.717, 1.165) is 12.1 Å². The highest BCUT2D eigenvalue weighted by molar-refractivity contribution is 5.73. The zero-order valence-electron chi connectivity index (χ0n) is 9.37. The van der Waals surface area contributed by atoms with E-state index in [4.69, 9.17) is 10.8 Å². The molecule has 0 bridgehead atoms. The van der Waals surface area contributed by atoms with Gasteiger partial charge in [0.25, 0.3) is 0 Å². The van der Waals surface area contributed by atoms with E-state index < -0.39 is 23.8 Å². The molecule has 0 aliphatic carbocycles. The second kappa shape index (κ2) is 5.72. The summed E-state index contributed by atoms with van der Waals surface area (Å²) >= 11 is 0. The summed E-state index contributed by atoms with van der Waals surface area (Å²) in [4.78, 5) is 10.4. The number of alkyl halides is 3. The molecule has 4 nitrogen and oxygen atoms in total. The van der Waals surface area contributed by atoms with Crippen molar-refractivity contribution in [3.8, 4) is 0 Å². The molecule has 1 aromatic carbocycles. The normalized spacial score (nSPS) is 13.1. The number of aliphatic carboxylic acids is 1. The van der Waals surface area contributed by atoms with Gasteiger partial charge in [-0.05, 0) is 24.6 Å². The Labute approximate surface area is 102 Å². The molecule has 0 spiro atoms. The fraction of sp³-hybridized carbons (Fsp3) is 0.364. The lowest BCUT2D eigenvalue weighted by Crippen LogP contribution is -2.32. The van der Waals surface area contributed by atoms with E-state index in [1.165, 1.54) is 12.1 Å². The maximum absolute atomic E-state index is 12.4. The van der Waals surface area contributed by atoms with E-state index in [1.807, 2.05) is 0 Å². The first-order valence-corrected chi connectivity index (χ1v) is 5.20. The van der Waals surface area contributed by atoms with E-state index >= 15 is 0 Å². The highest BCUT2D eigenvalue weighted by atomic mass is 19.4. The van der Waals surface area contributed by atoms with Crippen molar-refractivity contribution < 1.29 is 23.1 Å². The van der Waals surface area contributed by atoms with Crippen molar-refractivity contribution in [3.05, 3.63) is 29.8 Å². The van der Waals surface area contributed by atoms with Gasteiger partial charge in [0.15, 0.2) is 0 Å². The highest BCUT2D eigenvalue weighted by Gasteiger charge is 2.30. The fourth-order valence-electron chi connectivity index (χ4n) is 1.30. The Bertz CT molecular complexity index is 421. The summed E-state index contributed by atoms with van der Waals surface area (Å²) in [5, 5.41) is 11.2. The van der Waals surface area contributed by atoms with Crippen LogP contribution in [0.2, 0.25) is 0 Å². The molecule has 0 fully saturated rings. The Balaban J connectivity index is 2.56. The number of anilines is 1. The van der Waals surface area contributed by atoms with Crippen molar-refractivity contribution in [1.82, 2.24) is 0 Å². The summed E-state index contributed by atoms with van der Waals surface area (Å²) in [7, 11) is 0. The van der Waals surface area contributed by atoms with Crippen LogP contribution in [0.5, 0.6) is 0 Å². The molecular formula is C11H13F3N2O2. The van der Waals surface area contributed by atoms with Crippen LogP contribution in [0.25, 0.3) is 0 Å². The van der Waals surface area contributed by atoms with Crippen molar-refractivity contribution in [2.24, 2.45) is 5.73 Å². The van der Waals surface area contributed by atoms with Crippen molar-refractivity contribution in [1.29, 1.82) is 0 Å². The van der Waals surface area contributed by atoms with Gasteiger partial charge in [-0.15, -0.1) is 0 Å². The lowest BCUT2D eigenvalue weighted by Gasteiger charge is -2.11. The first kappa shape index (κ1) is 14.3. The molecule has 0 aliphatic heterocycles. The number of nitrogens with one attached hydrogen (secondary N) is 1. The number of hydrogen-bond acceptors (Lipinski definition) is 3. The molecule has 100 valence electrons. The maximum Gasteiger partial charge on any atom is 0.416 e. The van der Waals surface area contributed by atoms with Crippen LogP contribution in [0.15, 0.2) is 24.3 Å². The predicted octanol–water partition coefficient (Wildman–Crippen LogP) is 1.92. The van der Waals surface area contributed by atoms with Gasteiger partial charge in [0.05, 0.1) is 5.56 Å². The van der Waals surface area contributed by atoms with E-state index in [9.17, 15) is 18.0 Å². The quantitative estimate of drug-likeness (QED) is 0.757. The van der Waals surface area contributed by atoms with Gasteiger partial charge in [0, 0.05) is 12.2 Å². The van der Waals surface area contributed by atoms with E-state index in [0.29, 0.717) is 0 Å². The van der Waals surface area contributed by atoms with E-state index in [1.54, 1.807) is 0 Å². The Morgan fingerprint density at radius 2 is 2.11 bits per heavy atom. The van der Waals surface area contributed by atoms with Crippen LogP contribution < -0.4 is 11.1 Å². The first-order chi connectivity index (χ1) is 8.30. The standard InChI is InChI=1S/C11H13F3N2O2/c12-11(13,14)7-2-1-3-8(6-7)16-5-4-9(15)10(17)18/h1-3,6,9,16H,4-5,15H2,(H,17,18). The molecule has 1 atom stereocenters. The van der Waals surface area contributed by atoms with Crippen LogP contribution >= 0.6 is 0 Å². The van der Waals surface area contributed by atoms with Crippen molar-refractivity contribution in [2.45, 2.75) is 18.6 Å². The predicted molar refractivity (Wildman–Crippen MR) is 60.2 cm³/mol. The Morgan fingerprint density at radius 3 is 2.67 bits per heavy atom. The third kappa shape index (κ3) is 4.25. The van der Waals surface area contributed by atoms with Crippen molar-refractivity contribution >= 4 is 11.7 Å². The van der Waals surface area contributed by atoms with Crippen LogP contribution in [0.4, 0.5) is 18.9 Å². The molecule has 0 saturated heterocycles. The zero-order chi connectivity index (χ0) is 13.8. The third-order valence-electron chi connectivity index (χ3n) is 2.29. The number of carboxylic acids is 1. The van der Waals surface area contributed by atoms with Gasteiger partial charge >= 0.3 is 12.1 Å². The molecule has 0 saturated carbocycles. The molecule has 0 amide bonds. The molecular weight excluding hydrogens is 249 g/mol. The van der Waals surface area contributed by atoms with Crippen molar-refractivity contribution in [2.75, 3.05) is 11.9 Å². The highest BCUT2D eigenvalue weighted by Crippen LogP contribution is 2.30. The van der Waals surface area contributed by atoms with Gasteiger partial charge < -0.3 is 16.2 Å². The molecule has 7 heteroatoms. The smallest absolute Gasteiger partial charge is 0.416 e. The van der Waals surface area contributed by atoms with Gasteiger partial charge in [-0.1, -0.05) is 6.07 Å². The van der Waals surface area contributed by atoms with Gasteiger partial charge in [-0.25, -0.2) is 0 Å². The van der Waals surface area contributed by atoms with Gasteiger partial charge in [0.2, 0.25) is 0 Å². The number of hydrogen-bond donors (Lipinski definition) is 3. The van der Waals surface area contributed by atoms with Crippen LogP contribution in [-0.4, -0.2) is 23.7 Å². The van der Waals surface area contributed by atoms with E-state index in [-0.39, 0.29) is 18.7 Å². The number of benzene rings is 1. The number of carbonyl (C=O) groups is 1. The Morgan fingerprint density at radius 1 is 1.44 bits per heavy atom. The summed E-state index contributed by atoms with van der Waals surface area (Å²) in [6, 6.07) is 3.66. The zero-order valence-corrected chi connectivity index (χ0v) is 9.37. The molecule has 1 aromatic rings. The molecule has 1 rings (SSSR count). The molecule has 0 aliphatic rings. The van der Waals surface area contributed by atoms with Gasteiger partial charge in [0.1, 0.15) is 6.04 Å². The summed E-state index contributed by atoms with van der Waals surface area (Å²) in [5.74, 6) is -1.14. The average molecular weight is 262 g/mol. The lowest BCUT2D eigenvalue weighted by atomic mass is 10.2. The van der Waals surface area contributed by atoms with E-state index in [2.05, 4.69) is 5.32 Å². The van der Waals surface area contributed by atoms with Gasteiger partial charge in [-0.3, -0.25) is 4.79 Å². The topological polar surface area (TPSA) is 75.3 Å². The largest absolute Gasteiger partial charge is 0.480 e. The third-order valence-corrected chi connectivity index (χ3v) is 2.29. The fourth-order valence-corrected chi connectivity index (χ4v) is 1.30. The summed E-state index contributed by atoms with van der Waals surface area (Å²) < 4.78 is 37.2. The first-order valence-electron chi connectivity index (χ1n) is 5.20. The molecule has 0 aromatic heterocycles. The van der Waals surface area contributed by atoms with Crippen LogP contribution in [0.1, 0.15) is 12.0 Å². The monoisotopic (exact) mass is 262 g/mol. The Kier molecular flexibility index (Phi) is 4.55. The molecule has 4 N–H and O–H groups in total. The number of carboxylic acid groups (broad SMARTS) is 1. The van der Waals surface area contributed by atoms with Crippen LogP contribution in [0, 0.1) is 0 Å². The Hall–Kier alpha value is -1.76. The minimum absolute atomic E-state index is 0.131. The second-order valence-electron chi connectivity index (χ2n) is 3.74. The summed E-state index contributed by atoms with van der Waals surface area (Å²) in [5.41, 5.74) is 4.79. The van der Waals surface area contributed by atoms with Crippen LogP contribution in [-0.2, 0) is 11.0 Å². The number of nitrogens with two attached hydrogens (primary N) is 1. The lowest BCUT2D eigenvalue weighted by molar-refractivity contribution is -0.139. The molecule has 18 heavy (non-hydrogen) atoms. The maximum atomic E-state index is 12.4. The summed E-state index contributed by atoms with van der Waals surface area (Å²) in [6.45, 7) is 0.189. The summed E-state index contributed by atoms with van der Waals surface area (Å²) in [6.07, 6.45) is -4.26. The van der Waals surface area contributed by atoms with Crippen molar-refractivity contribution in [3.63, 3.8) is 0 Å². The van der Waals surface area contributed by atoms with Crippen LogP contribution in [0.3, 0.4) is 0 Å². The molecule has 0 radical (unpaired) electrons. The molecule has 0 heterocycles. The second-order valence-corrected chi connectivity index (χ2v) is 3.74. The number of halogens is 3.